The number of azide groups is 1. The highest BCUT2D eigenvalue weighted by Crippen LogP contribution is 2.29. The number of rotatable bonds is 14. The molecule has 1 amide bonds. The fraction of sp³-hybridized carbons (Fsp3) is 0.947. The van der Waals surface area contributed by atoms with E-state index in [0.717, 1.165) is 0 Å². The summed E-state index contributed by atoms with van der Waals surface area (Å²) in [4.78, 5) is 14.2. The molecule has 0 aromatic heterocycles. The van der Waals surface area contributed by atoms with E-state index in [0.29, 0.717) is 6.42 Å². The number of aliphatic hydroxyl groups is 7. The summed E-state index contributed by atoms with van der Waals surface area (Å²) in [6.07, 6.45) is -15.0. The summed E-state index contributed by atoms with van der Waals surface area (Å²) in [6, 6.07) is 0. The number of hydrogen-bond donors (Lipinski definition) is 8. The van der Waals surface area contributed by atoms with Gasteiger partial charge in [-0.3, -0.25) is 4.79 Å². The van der Waals surface area contributed by atoms with Crippen LogP contribution in [0.25, 0.3) is 10.4 Å². The lowest BCUT2D eigenvalue weighted by Crippen LogP contribution is -2.64. The number of nitrogens with zero attached hydrogens (tertiary/aromatic N) is 3. The first kappa shape index (κ1) is 30.5. The van der Waals surface area contributed by atoms with Crippen molar-refractivity contribution in [2.45, 2.75) is 67.8 Å². The summed E-state index contributed by atoms with van der Waals surface area (Å²) in [5.74, 6) is -0.395. The standard InChI is InChI=1S/C19H34N4O13/c20-23-22-3-5-32-8-11(26)21-2-1-4-33-18-16(31)14(29)17(10(7-25)35-18)36-19-15(30)13(28)12(27)9(6-24)34-19/h9-10,12-19,24-25,27-31H,1-8H2,(H,21,26)/t9?,10?,12-,13?,14?,15?,16?,17+,18+,19-/m0/s1. The molecule has 2 fully saturated rings. The van der Waals surface area contributed by atoms with E-state index in [-0.39, 0.29) is 32.9 Å². The van der Waals surface area contributed by atoms with Gasteiger partial charge in [0.2, 0.25) is 5.91 Å². The Bertz CT molecular complexity index is 711. The Balaban J connectivity index is 1.79. The minimum Gasteiger partial charge on any atom is -0.394 e. The lowest BCUT2D eigenvalue weighted by Gasteiger charge is -2.45. The molecular weight excluding hydrogens is 492 g/mol. The first-order chi connectivity index (χ1) is 17.2. The quantitative estimate of drug-likeness (QED) is 0.0459. The summed E-state index contributed by atoms with van der Waals surface area (Å²) in [5.41, 5.74) is 8.14. The van der Waals surface area contributed by atoms with Gasteiger partial charge in [0, 0.05) is 18.0 Å². The van der Waals surface area contributed by atoms with Crippen LogP contribution < -0.4 is 5.32 Å². The van der Waals surface area contributed by atoms with Gasteiger partial charge < -0.3 is 64.7 Å². The number of hydrogen-bond acceptors (Lipinski definition) is 14. The summed E-state index contributed by atoms with van der Waals surface area (Å²) >= 11 is 0. The molecule has 2 heterocycles. The molecule has 6 unspecified atom stereocenters. The van der Waals surface area contributed by atoms with Crippen molar-refractivity contribution in [1.29, 1.82) is 0 Å². The van der Waals surface area contributed by atoms with E-state index in [1.165, 1.54) is 0 Å². The average molecular weight is 526 g/mol. The molecule has 0 aromatic rings. The van der Waals surface area contributed by atoms with Crippen LogP contribution in [0.4, 0.5) is 0 Å². The highest BCUT2D eigenvalue weighted by molar-refractivity contribution is 5.77. The van der Waals surface area contributed by atoms with Crippen molar-refractivity contribution in [3.05, 3.63) is 10.4 Å². The Labute approximate surface area is 205 Å². The molecule has 0 saturated carbocycles. The molecule has 17 heteroatoms. The van der Waals surface area contributed by atoms with Gasteiger partial charge in [0.05, 0.1) is 26.4 Å². The van der Waals surface area contributed by atoms with Crippen LogP contribution in [0, 0.1) is 0 Å². The number of carbonyl (C=O) groups excluding carboxylic acids is 1. The number of nitrogens with one attached hydrogen (secondary N) is 1. The monoisotopic (exact) mass is 526 g/mol. The van der Waals surface area contributed by atoms with E-state index in [2.05, 4.69) is 15.3 Å². The van der Waals surface area contributed by atoms with Gasteiger partial charge >= 0.3 is 0 Å². The normalized spacial score (nSPS) is 36.8. The maximum Gasteiger partial charge on any atom is 0.245 e. The lowest BCUT2D eigenvalue weighted by molar-refractivity contribution is -0.359. The van der Waals surface area contributed by atoms with E-state index in [9.17, 15) is 40.5 Å². The second-order valence-corrected chi connectivity index (χ2v) is 8.09. The zero-order valence-corrected chi connectivity index (χ0v) is 19.4. The lowest BCUT2D eigenvalue weighted by atomic mass is 9.97. The van der Waals surface area contributed by atoms with E-state index in [1.807, 2.05) is 0 Å². The molecule has 8 N–H and O–H groups in total. The minimum atomic E-state index is -1.76. The molecule has 208 valence electrons. The molecule has 2 aliphatic rings. The zero-order chi connectivity index (χ0) is 26.7. The van der Waals surface area contributed by atoms with Crippen LogP contribution in [0.15, 0.2) is 5.11 Å². The van der Waals surface area contributed by atoms with Gasteiger partial charge in [-0.2, -0.15) is 0 Å². The van der Waals surface area contributed by atoms with E-state index >= 15 is 0 Å². The van der Waals surface area contributed by atoms with Crippen LogP contribution in [0.2, 0.25) is 0 Å². The molecule has 0 bridgehead atoms. The largest absolute Gasteiger partial charge is 0.394 e. The van der Waals surface area contributed by atoms with Gasteiger partial charge in [-0.05, 0) is 12.0 Å². The van der Waals surface area contributed by atoms with Crippen molar-refractivity contribution in [3.8, 4) is 0 Å². The van der Waals surface area contributed by atoms with Crippen LogP contribution in [0.1, 0.15) is 6.42 Å². The molecule has 0 aliphatic carbocycles. The van der Waals surface area contributed by atoms with Crippen LogP contribution in [-0.4, -0.2) is 149 Å². The Kier molecular flexibility index (Phi) is 13.2. The van der Waals surface area contributed by atoms with Crippen LogP contribution in [-0.2, 0) is 28.5 Å². The molecule has 36 heavy (non-hydrogen) atoms. The van der Waals surface area contributed by atoms with E-state index < -0.39 is 80.5 Å². The minimum absolute atomic E-state index is 0.00283. The number of ether oxygens (including phenoxy) is 5. The first-order valence-corrected chi connectivity index (χ1v) is 11.3. The topological polar surface area (TPSA) is 266 Å². The fourth-order valence-corrected chi connectivity index (χ4v) is 3.56. The highest BCUT2D eigenvalue weighted by Gasteiger charge is 2.50. The molecule has 0 radical (unpaired) electrons. The maximum absolute atomic E-state index is 11.6. The third-order valence-electron chi connectivity index (χ3n) is 5.52. The summed E-state index contributed by atoms with van der Waals surface area (Å²) in [7, 11) is 0. The number of amides is 1. The molecule has 10 atom stereocenters. The fourth-order valence-electron chi connectivity index (χ4n) is 3.56. The Morgan fingerprint density at radius 2 is 1.58 bits per heavy atom. The highest BCUT2D eigenvalue weighted by atomic mass is 16.7. The predicted molar refractivity (Wildman–Crippen MR) is 115 cm³/mol. The Morgan fingerprint density at radius 3 is 2.25 bits per heavy atom. The zero-order valence-electron chi connectivity index (χ0n) is 19.4. The predicted octanol–water partition coefficient (Wildman–Crippen LogP) is -4.54. The van der Waals surface area contributed by atoms with Crippen molar-refractivity contribution < 1.29 is 64.2 Å². The summed E-state index contributed by atoms with van der Waals surface area (Å²) in [6.45, 7) is -1.17. The van der Waals surface area contributed by atoms with Crippen molar-refractivity contribution in [3.63, 3.8) is 0 Å². The van der Waals surface area contributed by atoms with E-state index in [1.54, 1.807) is 0 Å². The SMILES string of the molecule is [N-]=[N+]=NCCOCC(=O)NCCCO[C@@H]1OC(CO)[C@@H](O[C@@H]2OC(CO)[C@H](O)C(O)C2O)C(O)C1O. The second kappa shape index (κ2) is 15.5. The van der Waals surface area contributed by atoms with Gasteiger partial charge in [0.25, 0.3) is 0 Å². The summed E-state index contributed by atoms with van der Waals surface area (Å²) < 4.78 is 26.6. The molecule has 2 aliphatic heterocycles. The second-order valence-electron chi connectivity index (χ2n) is 8.09. The van der Waals surface area contributed by atoms with Crippen molar-refractivity contribution >= 4 is 5.91 Å². The number of carbonyl (C=O) groups is 1. The smallest absolute Gasteiger partial charge is 0.245 e. The molecule has 17 nitrogen and oxygen atoms in total. The third kappa shape index (κ3) is 8.42. The van der Waals surface area contributed by atoms with Crippen LogP contribution >= 0.6 is 0 Å². The van der Waals surface area contributed by atoms with Gasteiger partial charge in [-0.15, -0.1) is 0 Å². The molecule has 0 spiro atoms. The first-order valence-electron chi connectivity index (χ1n) is 11.3. The van der Waals surface area contributed by atoms with Gasteiger partial charge in [-0.1, -0.05) is 5.11 Å². The van der Waals surface area contributed by atoms with E-state index in [4.69, 9.17) is 29.2 Å². The van der Waals surface area contributed by atoms with Gasteiger partial charge in [-0.25, -0.2) is 0 Å². The van der Waals surface area contributed by atoms with Crippen LogP contribution in [0.5, 0.6) is 0 Å². The third-order valence-corrected chi connectivity index (χ3v) is 5.52. The number of aliphatic hydroxyl groups excluding tert-OH is 7. The Morgan fingerprint density at radius 1 is 0.917 bits per heavy atom. The molecular formula is C19H34N4O13. The van der Waals surface area contributed by atoms with Gasteiger partial charge in [0.15, 0.2) is 12.6 Å². The Hall–Kier alpha value is -1.70. The van der Waals surface area contributed by atoms with Crippen molar-refractivity contribution in [2.24, 2.45) is 5.11 Å². The van der Waals surface area contributed by atoms with Crippen molar-refractivity contribution in [1.82, 2.24) is 5.32 Å². The maximum atomic E-state index is 11.6. The van der Waals surface area contributed by atoms with Crippen molar-refractivity contribution in [2.75, 3.05) is 46.1 Å². The average Bonchev–Trinajstić information content (AvgIpc) is 2.87. The van der Waals surface area contributed by atoms with Crippen LogP contribution in [0.3, 0.4) is 0 Å². The summed E-state index contributed by atoms with van der Waals surface area (Å²) in [5, 5.41) is 75.6. The molecule has 2 rings (SSSR count). The van der Waals surface area contributed by atoms with Gasteiger partial charge in [0.1, 0.15) is 55.4 Å². The molecule has 2 saturated heterocycles. The molecule has 0 aromatic carbocycles.